The van der Waals surface area contributed by atoms with Crippen molar-refractivity contribution >= 4 is 15.9 Å². The van der Waals surface area contributed by atoms with Crippen molar-refractivity contribution in [2.75, 3.05) is 18.8 Å². The zero-order valence-corrected chi connectivity index (χ0v) is 15.7. The molecule has 1 fully saturated rings. The number of sulfone groups is 1. The van der Waals surface area contributed by atoms with Crippen LogP contribution in [-0.4, -0.2) is 53.8 Å². The summed E-state index contributed by atoms with van der Waals surface area (Å²) < 4.78 is 30.4. The van der Waals surface area contributed by atoms with E-state index in [2.05, 4.69) is 9.97 Å². The van der Waals surface area contributed by atoms with Crippen LogP contribution in [0.5, 0.6) is 0 Å². The molecule has 0 N–H and O–H groups in total. The van der Waals surface area contributed by atoms with Crippen molar-refractivity contribution in [2.24, 2.45) is 5.92 Å². The van der Waals surface area contributed by atoms with E-state index in [4.69, 9.17) is 4.74 Å². The number of ether oxygens (including phenoxy) is 1. The first-order valence-corrected chi connectivity index (χ1v) is 9.64. The number of likely N-dealkylation sites (tertiary alicyclic amines) is 1. The number of aryl methyl sites for hydroxylation is 2. The number of rotatable bonds is 3. The second kappa shape index (κ2) is 6.66. The first-order chi connectivity index (χ1) is 11.0. The van der Waals surface area contributed by atoms with E-state index in [1.165, 1.54) is 0 Å². The predicted molar refractivity (Wildman–Crippen MR) is 89.5 cm³/mol. The van der Waals surface area contributed by atoms with Gasteiger partial charge in [0.1, 0.15) is 5.60 Å². The van der Waals surface area contributed by atoms with Crippen molar-refractivity contribution in [1.29, 1.82) is 0 Å². The molecular formula is C16H25N3O4S. The van der Waals surface area contributed by atoms with Crippen LogP contribution in [0, 0.1) is 19.8 Å². The number of hydrogen-bond acceptors (Lipinski definition) is 6. The van der Waals surface area contributed by atoms with Gasteiger partial charge in [-0.15, -0.1) is 0 Å². The van der Waals surface area contributed by atoms with Gasteiger partial charge in [-0.3, -0.25) is 0 Å². The van der Waals surface area contributed by atoms with Crippen LogP contribution < -0.4 is 0 Å². The second-order valence-electron chi connectivity index (χ2n) is 7.30. The maximum absolute atomic E-state index is 12.5. The Balaban J connectivity index is 2.03. The van der Waals surface area contributed by atoms with E-state index >= 15 is 0 Å². The molecule has 134 valence electrons. The lowest BCUT2D eigenvalue weighted by atomic mass is 10.2. The first kappa shape index (κ1) is 18.6. The molecular weight excluding hydrogens is 330 g/mol. The zero-order valence-electron chi connectivity index (χ0n) is 14.9. The molecule has 24 heavy (non-hydrogen) atoms. The van der Waals surface area contributed by atoms with E-state index in [0.29, 0.717) is 30.9 Å². The number of carbonyl (C=O) groups excluding carboxylic acids is 1. The van der Waals surface area contributed by atoms with Crippen molar-refractivity contribution < 1.29 is 17.9 Å². The Hall–Kier alpha value is -1.70. The summed E-state index contributed by atoms with van der Waals surface area (Å²) in [4.78, 5) is 21.7. The number of carbonyl (C=O) groups is 1. The molecule has 0 spiro atoms. The third kappa shape index (κ3) is 4.90. The summed E-state index contributed by atoms with van der Waals surface area (Å²) in [6.45, 7) is 9.78. The SMILES string of the molecule is Cc1cc(C)nc(S(=O)(=O)CC2CCN(C(=O)OC(C)(C)C)C2)n1. The summed E-state index contributed by atoms with van der Waals surface area (Å²) >= 11 is 0. The van der Waals surface area contributed by atoms with E-state index in [9.17, 15) is 13.2 Å². The summed E-state index contributed by atoms with van der Waals surface area (Å²) in [5.41, 5.74) is 0.694. The van der Waals surface area contributed by atoms with Crippen LogP contribution in [0.4, 0.5) is 4.79 Å². The van der Waals surface area contributed by atoms with Crippen molar-refractivity contribution in [3.05, 3.63) is 17.5 Å². The van der Waals surface area contributed by atoms with Crippen LogP contribution in [0.2, 0.25) is 0 Å². The minimum absolute atomic E-state index is 0.0603. The Labute approximate surface area is 143 Å². The van der Waals surface area contributed by atoms with Gasteiger partial charge in [0.2, 0.25) is 15.0 Å². The van der Waals surface area contributed by atoms with Crippen molar-refractivity contribution in [3.8, 4) is 0 Å². The molecule has 0 aliphatic carbocycles. The summed E-state index contributed by atoms with van der Waals surface area (Å²) in [5.74, 6) is -0.193. The molecule has 1 atom stereocenters. The highest BCUT2D eigenvalue weighted by molar-refractivity contribution is 7.91. The summed E-state index contributed by atoms with van der Waals surface area (Å²) in [6, 6.07) is 1.73. The van der Waals surface area contributed by atoms with Gasteiger partial charge < -0.3 is 9.64 Å². The highest BCUT2D eigenvalue weighted by Crippen LogP contribution is 2.22. The molecule has 0 radical (unpaired) electrons. The lowest BCUT2D eigenvalue weighted by molar-refractivity contribution is 0.0289. The summed E-state index contributed by atoms with van der Waals surface area (Å²) in [5, 5.41) is -0.129. The van der Waals surface area contributed by atoms with Gasteiger partial charge in [-0.2, -0.15) is 0 Å². The van der Waals surface area contributed by atoms with Crippen LogP contribution in [0.3, 0.4) is 0 Å². The van der Waals surface area contributed by atoms with Gasteiger partial charge in [-0.25, -0.2) is 23.2 Å². The average Bonchev–Trinajstić information content (AvgIpc) is 2.83. The Bertz CT molecular complexity index is 705. The van der Waals surface area contributed by atoms with Gasteiger partial charge in [0.05, 0.1) is 5.75 Å². The molecule has 2 rings (SSSR count). The fourth-order valence-corrected chi connectivity index (χ4v) is 4.29. The zero-order chi connectivity index (χ0) is 18.1. The normalized spacial score (nSPS) is 18.7. The molecule has 0 aromatic carbocycles. The topological polar surface area (TPSA) is 89.5 Å². The van der Waals surface area contributed by atoms with Crippen LogP contribution >= 0.6 is 0 Å². The maximum atomic E-state index is 12.5. The van der Waals surface area contributed by atoms with E-state index in [0.717, 1.165) is 0 Å². The molecule has 2 heterocycles. The van der Waals surface area contributed by atoms with Crippen LogP contribution in [-0.2, 0) is 14.6 Å². The van der Waals surface area contributed by atoms with Crippen LogP contribution in [0.15, 0.2) is 11.2 Å². The molecule has 8 heteroatoms. The molecule has 1 amide bonds. The number of aromatic nitrogens is 2. The molecule has 1 saturated heterocycles. The second-order valence-corrected chi connectivity index (χ2v) is 9.22. The Kier molecular flexibility index (Phi) is 5.17. The molecule has 7 nitrogen and oxygen atoms in total. The highest BCUT2D eigenvalue weighted by atomic mass is 32.2. The molecule has 1 unspecified atom stereocenters. The van der Waals surface area contributed by atoms with Crippen LogP contribution in [0.1, 0.15) is 38.6 Å². The van der Waals surface area contributed by atoms with E-state index in [1.807, 2.05) is 0 Å². The monoisotopic (exact) mass is 355 g/mol. The highest BCUT2D eigenvalue weighted by Gasteiger charge is 2.33. The predicted octanol–water partition coefficient (Wildman–Crippen LogP) is 2.12. The minimum atomic E-state index is -3.57. The van der Waals surface area contributed by atoms with Gasteiger partial charge in [0.25, 0.3) is 0 Å². The first-order valence-electron chi connectivity index (χ1n) is 7.99. The standard InChI is InChI=1S/C16H25N3O4S/c1-11-8-12(2)18-14(17-11)24(21,22)10-13-6-7-19(9-13)15(20)23-16(3,4)5/h8,13H,6-7,9-10H2,1-5H3. The van der Waals surface area contributed by atoms with Crippen molar-refractivity contribution in [1.82, 2.24) is 14.9 Å². The minimum Gasteiger partial charge on any atom is -0.444 e. The van der Waals surface area contributed by atoms with Gasteiger partial charge >= 0.3 is 6.09 Å². The lowest BCUT2D eigenvalue weighted by Crippen LogP contribution is -2.35. The lowest BCUT2D eigenvalue weighted by Gasteiger charge is -2.24. The molecule has 1 aromatic heterocycles. The Morgan fingerprint density at radius 1 is 1.29 bits per heavy atom. The maximum Gasteiger partial charge on any atom is 0.410 e. The number of amides is 1. The third-order valence-corrected chi connectivity index (χ3v) is 5.28. The van der Waals surface area contributed by atoms with Gasteiger partial charge in [0.15, 0.2) is 0 Å². The van der Waals surface area contributed by atoms with E-state index < -0.39 is 21.5 Å². The largest absolute Gasteiger partial charge is 0.444 e. The third-order valence-electron chi connectivity index (χ3n) is 3.63. The van der Waals surface area contributed by atoms with Gasteiger partial charge in [-0.1, -0.05) is 0 Å². The van der Waals surface area contributed by atoms with E-state index in [1.54, 1.807) is 45.6 Å². The van der Waals surface area contributed by atoms with Crippen molar-refractivity contribution in [3.63, 3.8) is 0 Å². The summed E-state index contributed by atoms with van der Waals surface area (Å²) in [7, 11) is -3.57. The molecule has 1 aliphatic rings. The van der Waals surface area contributed by atoms with Gasteiger partial charge in [0, 0.05) is 24.5 Å². The smallest absolute Gasteiger partial charge is 0.410 e. The fraction of sp³-hybridized carbons (Fsp3) is 0.688. The summed E-state index contributed by atoms with van der Waals surface area (Å²) in [6.07, 6.45) is 0.230. The number of nitrogens with zero attached hydrogens (tertiary/aromatic N) is 3. The Morgan fingerprint density at radius 2 is 1.88 bits per heavy atom. The van der Waals surface area contributed by atoms with Crippen molar-refractivity contribution in [2.45, 2.75) is 51.8 Å². The van der Waals surface area contributed by atoms with Crippen LogP contribution in [0.25, 0.3) is 0 Å². The van der Waals surface area contributed by atoms with Gasteiger partial charge in [-0.05, 0) is 53.0 Å². The number of hydrogen-bond donors (Lipinski definition) is 0. The molecule has 1 aliphatic heterocycles. The fourth-order valence-electron chi connectivity index (χ4n) is 2.68. The van der Waals surface area contributed by atoms with E-state index in [-0.39, 0.29) is 16.8 Å². The average molecular weight is 355 g/mol. The molecule has 0 saturated carbocycles. The quantitative estimate of drug-likeness (QED) is 0.772. The molecule has 1 aromatic rings. The molecule has 0 bridgehead atoms. The Morgan fingerprint density at radius 3 is 2.42 bits per heavy atom.